The van der Waals surface area contributed by atoms with Gasteiger partial charge in [0, 0.05) is 24.4 Å². The Morgan fingerprint density at radius 2 is 1.75 bits per heavy atom. The molecule has 130 valence electrons. The van der Waals surface area contributed by atoms with Gasteiger partial charge < -0.3 is 9.80 Å². The smallest absolute Gasteiger partial charge is 0.226 e. The zero-order valence-electron chi connectivity index (χ0n) is 14.9. The Kier molecular flexibility index (Phi) is 4.62. The van der Waals surface area contributed by atoms with Crippen molar-refractivity contribution >= 4 is 5.91 Å². The maximum Gasteiger partial charge on any atom is 0.226 e. The number of nitrogens with zero attached hydrogens (tertiary/aromatic N) is 2. The van der Waals surface area contributed by atoms with Gasteiger partial charge in [-0.3, -0.25) is 4.79 Å². The normalized spacial score (nSPS) is 31.9. The van der Waals surface area contributed by atoms with Crippen molar-refractivity contribution < 1.29 is 4.79 Å². The fourth-order valence-corrected chi connectivity index (χ4v) is 5.02. The number of carbonyl (C=O) groups is 1. The molecule has 24 heavy (non-hydrogen) atoms. The van der Waals surface area contributed by atoms with Crippen LogP contribution in [-0.4, -0.2) is 47.9 Å². The monoisotopic (exact) mass is 326 g/mol. The van der Waals surface area contributed by atoms with Gasteiger partial charge in [-0.25, -0.2) is 0 Å². The molecule has 0 spiro atoms. The molecule has 3 heteroatoms. The Morgan fingerprint density at radius 3 is 2.46 bits per heavy atom. The van der Waals surface area contributed by atoms with Crippen molar-refractivity contribution in [2.75, 3.05) is 20.1 Å². The lowest BCUT2D eigenvalue weighted by molar-refractivity contribution is -0.143. The Labute approximate surface area is 146 Å². The highest BCUT2D eigenvalue weighted by molar-refractivity contribution is 5.80. The summed E-state index contributed by atoms with van der Waals surface area (Å²) in [4.78, 5) is 18.0. The van der Waals surface area contributed by atoms with Crippen molar-refractivity contribution in [3.8, 4) is 0 Å². The second-order valence-electron chi connectivity index (χ2n) is 8.00. The third-order valence-electron chi connectivity index (χ3n) is 6.64. The van der Waals surface area contributed by atoms with Gasteiger partial charge in [-0.1, -0.05) is 43.2 Å². The van der Waals surface area contributed by atoms with Gasteiger partial charge >= 0.3 is 0 Å². The van der Waals surface area contributed by atoms with E-state index < -0.39 is 0 Å². The molecular formula is C21H30N2O. The number of piperidine rings is 1. The summed E-state index contributed by atoms with van der Waals surface area (Å²) in [6.07, 6.45) is 8.27. The molecule has 0 unspecified atom stereocenters. The molecule has 0 aromatic heterocycles. The van der Waals surface area contributed by atoms with Crippen molar-refractivity contribution in [1.29, 1.82) is 0 Å². The lowest BCUT2D eigenvalue weighted by Crippen LogP contribution is -2.59. The number of likely N-dealkylation sites (tertiary alicyclic amines) is 2. The molecule has 0 N–H and O–H groups in total. The molecule has 1 aromatic carbocycles. The summed E-state index contributed by atoms with van der Waals surface area (Å²) in [6.45, 7) is 2.11. The maximum atomic E-state index is 13.2. The zero-order valence-corrected chi connectivity index (χ0v) is 14.9. The average molecular weight is 326 g/mol. The van der Waals surface area contributed by atoms with E-state index in [2.05, 4.69) is 47.2 Å². The van der Waals surface area contributed by atoms with Gasteiger partial charge in [0.25, 0.3) is 0 Å². The van der Waals surface area contributed by atoms with E-state index in [1.807, 2.05) is 0 Å². The number of amides is 1. The van der Waals surface area contributed by atoms with Gasteiger partial charge in [0.05, 0.1) is 6.04 Å². The predicted molar refractivity (Wildman–Crippen MR) is 96.9 cm³/mol. The number of hydrogen-bond acceptors (Lipinski definition) is 2. The molecular weight excluding hydrogens is 296 g/mol. The van der Waals surface area contributed by atoms with Crippen molar-refractivity contribution in [3.05, 3.63) is 35.9 Å². The molecule has 3 nitrogen and oxygen atoms in total. The van der Waals surface area contributed by atoms with Crippen LogP contribution in [0.15, 0.2) is 30.3 Å². The summed E-state index contributed by atoms with van der Waals surface area (Å²) < 4.78 is 0. The van der Waals surface area contributed by atoms with Crippen LogP contribution in [0, 0.1) is 5.92 Å². The molecule has 2 aliphatic heterocycles. The van der Waals surface area contributed by atoms with Crippen LogP contribution in [0.2, 0.25) is 0 Å². The minimum atomic E-state index is 0.312. The molecule has 1 saturated carbocycles. The average Bonchev–Trinajstić information content (AvgIpc) is 2.78. The molecule has 1 aromatic rings. The van der Waals surface area contributed by atoms with Crippen molar-refractivity contribution in [2.24, 2.45) is 5.92 Å². The minimum Gasteiger partial charge on any atom is -0.337 e. The van der Waals surface area contributed by atoms with E-state index >= 15 is 0 Å². The second-order valence-corrected chi connectivity index (χ2v) is 8.00. The summed E-state index contributed by atoms with van der Waals surface area (Å²) in [7, 11) is 2.26. The fourth-order valence-electron chi connectivity index (χ4n) is 5.02. The largest absolute Gasteiger partial charge is 0.337 e. The van der Waals surface area contributed by atoms with Crippen LogP contribution in [0.1, 0.15) is 56.4 Å². The van der Waals surface area contributed by atoms with E-state index in [4.69, 9.17) is 0 Å². The summed E-state index contributed by atoms with van der Waals surface area (Å²) in [5, 5.41) is 0. The van der Waals surface area contributed by atoms with Crippen LogP contribution in [0.25, 0.3) is 0 Å². The second kappa shape index (κ2) is 6.87. The Balaban J connectivity index is 1.68. The fraction of sp³-hybridized carbons (Fsp3) is 0.667. The summed E-state index contributed by atoms with van der Waals surface area (Å²) >= 11 is 0. The summed E-state index contributed by atoms with van der Waals surface area (Å²) in [5.41, 5.74) is 1.42. The standard InChI is InChI=1S/C21H30N2O/c1-22-15-13-18(16-8-3-2-4-9-16)20-19(22)12-5-6-14-23(20)21(24)17-10-7-11-17/h2-4,8-9,17-20H,5-7,10-15H2,1H3/t18-,19-,20-/m1/s1. The highest BCUT2D eigenvalue weighted by Crippen LogP contribution is 2.40. The minimum absolute atomic E-state index is 0.312. The first kappa shape index (κ1) is 16.1. The molecule has 3 aliphatic rings. The number of rotatable bonds is 2. The van der Waals surface area contributed by atoms with Crippen molar-refractivity contribution in [1.82, 2.24) is 9.80 Å². The number of likely N-dealkylation sites (N-methyl/N-ethyl adjacent to an activating group) is 1. The van der Waals surface area contributed by atoms with Crippen LogP contribution in [0.3, 0.4) is 0 Å². The van der Waals surface area contributed by atoms with Gasteiger partial charge in [-0.2, -0.15) is 0 Å². The maximum absolute atomic E-state index is 13.2. The van der Waals surface area contributed by atoms with Crippen LogP contribution in [-0.2, 0) is 4.79 Å². The van der Waals surface area contributed by atoms with Crippen molar-refractivity contribution in [3.63, 3.8) is 0 Å². The first-order chi connectivity index (χ1) is 11.8. The first-order valence-corrected chi connectivity index (χ1v) is 9.81. The molecule has 1 amide bonds. The SMILES string of the molecule is CN1CC[C@H](c2ccccc2)[C@@H]2[C@H]1CCCCN2C(=O)C1CCC1. The van der Waals surface area contributed by atoms with Crippen LogP contribution < -0.4 is 0 Å². The first-order valence-electron chi connectivity index (χ1n) is 9.81. The van der Waals surface area contributed by atoms with E-state index in [1.54, 1.807) is 0 Å². The van der Waals surface area contributed by atoms with E-state index in [-0.39, 0.29) is 0 Å². The Morgan fingerprint density at radius 1 is 0.958 bits per heavy atom. The van der Waals surface area contributed by atoms with Crippen LogP contribution in [0.4, 0.5) is 0 Å². The number of hydrogen-bond donors (Lipinski definition) is 0. The van der Waals surface area contributed by atoms with Crippen LogP contribution in [0.5, 0.6) is 0 Å². The van der Waals surface area contributed by atoms with Gasteiger partial charge in [0.1, 0.15) is 0 Å². The van der Waals surface area contributed by atoms with Crippen molar-refractivity contribution in [2.45, 2.75) is 62.9 Å². The predicted octanol–water partition coefficient (Wildman–Crippen LogP) is 3.66. The summed E-state index contributed by atoms with van der Waals surface area (Å²) in [5.74, 6) is 1.26. The van der Waals surface area contributed by atoms with E-state index in [0.29, 0.717) is 29.8 Å². The molecule has 2 saturated heterocycles. The molecule has 1 aliphatic carbocycles. The quantitative estimate of drug-likeness (QED) is 0.828. The lowest BCUT2D eigenvalue weighted by Gasteiger charge is -2.49. The molecule has 0 bridgehead atoms. The number of fused-ring (bicyclic) bond motifs is 1. The third-order valence-corrected chi connectivity index (χ3v) is 6.64. The molecule has 2 heterocycles. The highest BCUT2D eigenvalue weighted by atomic mass is 16.2. The number of benzene rings is 1. The van der Waals surface area contributed by atoms with E-state index in [9.17, 15) is 4.79 Å². The molecule has 4 rings (SSSR count). The lowest BCUT2D eigenvalue weighted by atomic mass is 9.77. The highest BCUT2D eigenvalue weighted by Gasteiger charge is 2.44. The topological polar surface area (TPSA) is 23.6 Å². The molecule has 3 fully saturated rings. The van der Waals surface area contributed by atoms with E-state index in [1.165, 1.54) is 31.2 Å². The molecule has 0 radical (unpaired) electrons. The Hall–Kier alpha value is -1.35. The van der Waals surface area contributed by atoms with Crippen LogP contribution >= 0.6 is 0 Å². The zero-order chi connectivity index (χ0) is 16.5. The van der Waals surface area contributed by atoms with Gasteiger partial charge in [0.2, 0.25) is 5.91 Å². The summed E-state index contributed by atoms with van der Waals surface area (Å²) in [6, 6.07) is 11.8. The van der Waals surface area contributed by atoms with Gasteiger partial charge in [-0.15, -0.1) is 0 Å². The van der Waals surface area contributed by atoms with Gasteiger partial charge in [0.15, 0.2) is 0 Å². The molecule has 3 atom stereocenters. The van der Waals surface area contributed by atoms with E-state index in [0.717, 1.165) is 32.4 Å². The van der Waals surface area contributed by atoms with Gasteiger partial charge in [-0.05, 0) is 51.3 Å². The Bertz CT molecular complexity index is 568. The number of carbonyl (C=O) groups excluding carboxylic acids is 1. The third kappa shape index (κ3) is 2.88.